The molecule has 0 saturated heterocycles. The lowest BCUT2D eigenvalue weighted by Gasteiger charge is -2.19. The quantitative estimate of drug-likeness (QED) is 0.823. The minimum Gasteiger partial charge on any atom is -0.459 e. The molecule has 1 aliphatic rings. The zero-order valence-electron chi connectivity index (χ0n) is 14.3. The summed E-state index contributed by atoms with van der Waals surface area (Å²) in [6.45, 7) is 5.59. The van der Waals surface area contributed by atoms with Gasteiger partial charge in [0.25, 0.3) is 0 Å². The summed E-state index contributed by atoms with van der Waals surface area (Å²) in [6.07, 6.45) is 7.18. The fourth-order valence-electron chi connectivity index (χ4n) is 2.70. The molecule has 0 unspecified atom stereocenters. The van der Waals surface area contributed by atoms with E-state index in [0.29, 0.717) is 0 Å². The zero-order valence-corrected chi connectivity index (χ0v) is 14.3. The Morgan fingerprint density at radius 1 is 1.21 bits per heavy atom. The summed E-state index contributed by atoms with van der Waals surface area (Å²) in [5, 5.41) is 1.04. The molecule has 2 aromatic rings. The van der Waals surface area contributed by atoms with E-state index in [-0.39, 0.29) is 12.4 Å². The van der Waals surface area contributed by atoms with Crippen molar-refractivity contribution in [2.75, 3.05) is 0 Å². The fourth-order valence-corrected chi connectivity index (χ4v) is 2.70. The number of nitrogens with zero attached hydrogens (tertiary/aromatic N) is 1. The van der Waals surface area contributed by atoms with Crippen molar-refractivity contribution >= 4 is 17.0 Å². The Labute approximate surface area is 141 Å². The van der Waals surface area contributed by atoms with Crippen molar-refractivity contribution < 1.29 is 19.0 Å². The fraction of sp³-hybridized carbons (Fsp3) is 0.421. The topological polar surface area (TPSA) is 49.7 Å². The highest BCUT2D eigenvalue weighted by Gasteiger charge is 2.19. The van der Waals surface area contributed by atoms with Gasteiger partial charge in [-0.3, -0.25) is 4.57 Å². The van der Waals surface area contributed by atoms with Crippen LogP contribution in [0.2, 0.25) is 0 Å². The van der Waals surface area contributed by atoms with Gasteiger partial charge in [-0.25, -0.2) is 4.79 Å². The third-order valence-corrected chi connectivity index (χ3v) is 3.77. The van der Waals surface area contributed by atoms with Gasteiger partial charge in [0.1, 0.15) is 18.1 Å². The summed E-state index contributed by atoms with van der Waals surface area (Å²) in [6, 6.07) is 8.08. The minimum absolute atomic E-state index is 0.151. The van der Waals surface area contributed by atoms with Crippen molar-refractivity contribution in [3.8, 4) is 0 Å². The second kappa shape index (κ2) is 6.59. The summed E-state index contributed by atoms with van der Waals surface area (Å²) in [5.41, 5.74) is 1.59. The molecule has 5 heteroatoms. The number of aryl methyl sites for hydroxylation is 1. The van der Waals surface area contributed by atoms with Crippen molar-refractivity contribution in [1.29, 1.82) is 0 Å². The molecule has 0 atom stereocenters. The summed E-state index contributed by atoms with van der Waals surface area (Å²) < 4.78 is 17.5. The average Bonchev–Trinajstić information content (AvgIpc) is 3.14. The Balaban J connectivity index is 1.65. The van der Waals surface area contributed by atoms with Gasteiger partial charge in [-0.05, 0) is 57.4 Å². The molecule has 0 radical (unpaired) electrons. The molecule has 3 rings (SSSR count). The maximum Gasteiger partial charge on any atom is 0.418 e. The molecule has 1 aliphatic heterocycles. The molecule has 24 heavy (non-hydrogen) atoms. The highest BCUT2D eigenvalue weighted by atomic mass is 16.7. The number of aromatic nitrogens is 1. The summed E-state index contributed by atoms with van der Waals surface area (Å²) >= 11 is 0. The van der Waals surface area contributed by atoms with Gasteiger partial charge < -0.3 is 14.2 Å². The van der Waals surface area contributed by atoms with Crippen molar-refractivity contribution in [2.45, 2.75) is 51.9 Å². The molecule has 0 amide bonds. The molecule has 0 fully saturated rings. The highest BCUT2D eigenvalue weighted by molar-refractivity contribution is 5.89. The van der Waals surface area contributed by atoms with E-state index < -0.39 is 5.60 Å². The first kappa shape index (κ1) is 16.4. The Bertz CT molecular complexity index is 746. The number of carbonyl (C=O) groups is 1. The molecule has 1 aromatic carbocycles. The van der Waals surface area contributed by atoms with E-state index in [1.807, 2.05) is 32.9 Å². The number of rotatable bonds is 4. The first-order chi connectivity index (χ1) is 11.4. The van der Waals surface area contributed by atoms with Crippen LogP contribution in [0.25, 0.3) is 10.9 Å². The number of hydrogen-bond donors (Lipinski definition) is 0. The van der Waals surface area contributed by atoms with Crippen molar-refractivity contribution in [3.63, 3.8) is 0 Å². The first-order valence-corrected chi connectivity index (χ1v) is 8.22. The summed E-state index contributed by atoms with van der Waals surface area (Å²) in [4.78, 5) is 12.2. The number of ether oxygens (including phenoxy) is 3. The van der Waals surface area contributed by atoms with Crippen LogP contribution in [0.1, 0.15) is 39.2 Å². The number of fused-ring (bicyclic) bond motifs is 1. The van der Waals surface area contributed by atoms with E-state index in [0.717, 1.165) is 30.2 Å². The minimum atomic E-state index is -0.507. The van der Waals surface area contributed by atoms with E-state index in [1.54, 1.807) is 23.3 Å². The largest absolute Gasteiger partial charge is 0.459 e. The monoisotopic (exact) mass is 329 g/mol. The van der Waals surface area contributed by atoms with Crippen LogP contribution in [-0.2, 0) is 20.6 Å². The lowest BCUT2D eigenvalue weighted by atomic mass is 10.1. The number of hydrogen-bond acceptors (Lipinski definition) is 4. The first-order valence-electron chi connectivity index (χ1n) is 8.22. The Morgan fingerprint density at radius 3 is 2.67 bits per heavy atom. The Hall–Kier alpha value is -2.43. The molecule has 0 bridgehead atoms. The standard InChI is InChI=1S/C19H23NO4/c1-19(2,3)24-18(21)20-10-9-15-13-14(7-8-16(15)20)5-4-6-17-22-11-12-23-17/h7-13,17H,4-6H2,1-3H3. The SMILES string of the molecule is CC(C)(C)OC(=O)n1ccc2cc(CCCC3OC=CO3)ccc21. The molecule has 128 valence electrons. The third-order valence-electron chi connectivity index (χ3n) is 3.77. The average molecular weight is 329 g/mol. The van der Waals surface area contributed by atoms with Crippen LogP contribution in [0.5, 0.6) is 0 Å². The maximum absolute atomic E-state index is 12.2. The van der Waals surface area contributed by atoms with Crippen LogP contribution in [-0.4, -0.2) is 22.6 Å². The number of benzene rings is 1. The Morgan fingerprint density at radius 2 is 1.96 bits per heavy atom. The third kappa shape index (κ3) is 3.91. The molecule has 2 heterocycles. The van der Waals surface area contributed by atoms with Crippen LogP contribution in [0.15, 0.2) is 43.0 Å². The summed E-state index contributed by atoms with van der Waals surface area (Å²) in [7, 11) is 0. The van der Waals surface area contributed by atoms with Crippen LogP contribution < -0.4 is 0 Å². The molecule has 1 aromatic heterocycles. The normalized spacial score (nSPS) is 14.6. The van der Waals surface area contributed by atoms with Gasteiger partial charge in [-0.2, -0.15) is 0 Å². The second-order valence-electron chi connectivity index (χ2n) is 6.93. The van der Waals surface area contributed by atoms with Crippen LogP contribution in [0.4, 0.5) is 4.79 Å². The molecule has 5 nitrogen and oxygen atoms in total. The van der Waals surface area contributed by atoms with Crippen molar-refractivity contribution in [3.05, 3.63) is 48.5 Å². The predicted molar refractivity (Wildman–Crippen MR) is 91.6 cm³/mol. The zero-order chi connectivity index (χ0) is 17.2. The van der Waals surface area contributed by atoms with Gasteiger partial charge in [0.05, 0.1) is 5.52 Å². The molecular formula is C19H23NO4. The predicted octanol–water partition coefficient (Wildman–Crippen LogP) is 4.59. The van der Waals surface area contributed by atoms with E-state index in [9.17, 15) is 4.79 Å². The number of carbonyl (C=O) groups excluding carboxylic acids is 1. The van der Waals surface area contributed by atoms with Gasteiger partial charge in [-0.15, -0.1) is 0 Å². The van der Waals surface area contributed by atoms with Gasteiger partial charge in [0, 0.05) is 18.0 Å². The molecule has 0 saturated carbocycles. The van der Waals surface area contributed by atoms with Gasteiger partial charge in [0.15, 0.2) is 0 Å². The van der Waals surface area contributed by atoms with E-state index in [2.05, 4.69) is 12.1 Å². The molecular weight excluding hydrogens is 306 g/mol. The van der Waals surface area contributed by atoms with E-state index in [1.165, 1.54) is 5.56 Å². The summed E-state index contributed by atoms with van der Waals surface area (Å²) in [5.74, 6) is 0. The smallest absolute Gasteiger partial charge is 0.418 e. The van der Waals surface area contributed by atoms with Crippen LogP contribution in [0, 0.1) is 0 Å². The van der Waals surface area contributed by atoms with Gasteiger partial charge >= 0.3 is 6.09 Å². The van der Waals surface area contributed by atoms with Gasteiger partial charge in [0.2, 0.25) is 6.29 Å². The molecule has 0 spiro atoms. The lowest BCUT2D eigenvalue weighted by Crippen LogP contribution is -2.26. The highest BCUT2D eigenvalue weighted by Crippen LogP contribution is 2.21. The van der Waals surface area contributed by atoms with Crippen molar-refractivity contribution in [1.82, 2.24) is 4.57 Å². The van der Waals surface area contributed by atoms with E-state index >= 15 is 0 Å². The second-order valence-corrected chi connectivity index (χ2v) is 6.93. The van der Waals surface area contributed by atoms with Crippen molar-refractivity contribution in [2.24, 2.45) is 0 Å². The molecule has 0 aliphatic carbocycles. The maximum atomic E-state index is 12.2. The van der Waals surface area contributed by atoms with Crippen LogP contribution in [0.3, 0.4) is 0 Å². The molecule has 0 N–H and O–H groups in total. The lowest BCUT2D eigenvalue weighted by molar-refractivity contribution is -0.0290. The Kier molecular flexibility index (Phi) is 4.51. The van der Waals surface area contributed by atoms with Crippen LogP contribution >= 0.6 is 0 Å². The van der Waals surface area contributed by atoms with E-state index in [4.69, 9.17) is 14.2 Å². The van der Waals surface area contributed by atoms with Gasteiger partial charge in [-0.1, -0.05) is 6.07 Å².